The second-order valence-corrected chi connectivity index (χ2v) is 3.92. The second kappa shape index (κ2) is 4.20. The second-order valence-electron chi connectivity index (χ2n) is 3.92. The Morgan fingerprint density at radius 1 is 1.11 bits per heavy atom. The lowest BCUT2D eigenvalue weighted by Crippen LogP contribution is -1.90. The van der Waals surface area contributed by atoms with Crippen LogP contribution in [0, 0.1) is 11.6 Å². The van der Waals surface area contributed by atoms with Gasteiger partial charge in [-0.05, 0) is 17.7 Å². The standard InChI is InChI=1S/C12H8F2N4O/c13-8-1-6(2-9(14)3-8)10-11(19-18-12(10)15)7-4-16-17-5-7/h1-5H,(H2,15,18)(H,16,17). The van der Waals surface area contributed by atoms with Gasteiger partial charge < -0.3 is 10.3 Å². The number of rotatable bonds is 2. The first-order valence-electron chi connectivity index (χ1n) is 5.36. The van der Waals surface area contributed by atoms with E-state index < -0.39 is 11.6 Å². The maximum Gasteiger partial charge on any atom is 0.180 e. The van der Waals surface area contributed by atoms with Crippen molar-refractivity contribution in [2.75, 3.05) is 5.73 Å². The van der Waals surface area contributed by atoms with Crippen molar-refractivity contribution in [3.63, 3.8) is 0 Å². The van der Waals surface area contributed by atoms with Gasteiger partial charge in [0.1, 0.15) is 11.6 Å². The highest BCUT2D eigenvalue weighted by Gasteiger charge is 2.19. The molecule has 0 aliphatic rings. The van der Waals surface area contributed by atoms with E-state index in [4.69, 9.17) is 10.3 Å². The third-order valence-corrected chi connectivity index (χ3v) is 2.63. The molecule has 0 aliphatic carbocycles. The molecule has 7 heteroatoms. The van der Waals surface area contributed by atoms with Gasteiger partial charge in [0.05, 0.1) is 17.3 Å². The summed E-state index contributed by atoms with van der Waals surface area (Å²) in [5.41, 5.74) is 6.88. The van der Waals surface area contributed by atoms with Gasteiger partial charge in [0.2, 0.25) is 0 Å². The predicted octanol–water partition coefficient (Wildman–Crippen LogP) is 2.59. The van der Waals surface area contributed by atoms with Crippen LogP contribution in [-0.4, -0.2) is 15.4 Å². The fourth-order valence-electron chi connectivity index (χ4n) is 1.85. The smallest absolute Gasteiger partial charge is 0.180 e. The molecule has 0 atom stereocenters. The molecule has 0 unspecified atom stereocenters. The molecule has 0 aliphatic heterocycles. The molecule has 96 valence electrons. The lowest BCUT2D eigenvalue weighted by atomic mass is 10.0. The molecule has 19 heavy (non-hydrogen) atoms. The van der Waals surface area contributed by atoms with E-state index in [0.29, 0.717) is 16.9 Å². The van der Waals surface area contributed by atoms with E-state index >= 15 is 0 Å². The molecule has 1 aromatic carbocycles. The van der Waals surface area contributed by atoms with Gasteiger partial charge in [-0.15, -0.1) is 0 Å². The van der Waals surface area contributed by atoms with Gasteiger partial charge in [0, 0.05) is 12.3 Å². The molecule has 3 N–H and O–H groups in total. The number of benzene rings is 1. The molecule has 0 spiro atoms. The Morgan fingerprint density at radius 2 is 1.84 bits per heavy atom. The summed E-state index contributed by atoms with van der Waals surface area (Å²) in [4.78, 5) is 0. The Labute approximate surface area is 106 Å². The zero-order valence-electron chi connectivity index (χ0n) is 9.52. The number of nitrogens with two attached hydrogens (primary N) is 1. The first-order chi connectivity index (χ1) is 9.15. The van der Waals surface area contributed by atoms with Crippen LogP contribution in [0.1, 0.15) is 0 Å². The first-order valence-corrected chi connectivity index (χ1v) is 5.36. The van der Waals surface area contributed by atoms with Crippen LogP contribution in [0.25, 0.3) is 22.5 Å². The Kier molecular flexibility index (Phi) is 2.52. The SMILES string of the molecule is Nc1noc(-c2cn[nH]c2)c1-c1cc(F)cc(F)c1. The Hall–Kier alpha value is -2.70. The molecule has 2 heterocycles. The van der Waals surface area contributed by atoms with Gasteiger partial charge in [0.25, 0.3) is 0 Å². The minimum absolute atomic E-state index is 0.0567. The van der Waals surface area contributed by atoms with E-state index in [1.54, 1.807) is 6.20 Å². The van der Waals surface area contributed by atoms with Crippen molar-refractivity contribution < 1.29 is 13.3 Å². The van der Waals surface area contributed by atoms with Crippen molar-refractivity contribution in [1.29, 1.82) is 0 Å². The number of aromatic nitrogens is 3. The summed E-state index contributed by atoms with van der Waals surface area (Å²) in [6, 6.07) is 3.11. The molecule has 2 aromatic heterocycles. The normalized spacial score (nSPS) is 10.8. The molecule has 3 rings (SSSR count). The maximum atomic E-state index is 13.3. The Bertz CT molecular complexity index is 701. The van der Waals surface area contributed by atoms with Crippen LogP contribution in [-0.2, 0) is 0 Å². The first kappa shape index (κ1) is 11.4. The lowest BCUT2D eigenvalue weighted by molar-refractivity contribution is 0.436. The number of nitrogens with one attached hydrogen (secondary N) is 1. The largest absolute Gasteiger partial charge is 0.380 e. The fraction of sp³-hybridized carbons (Fsp3) is 0. The molecular weight excluding hydrogens is 254 g/mol. The van der Waals surface area contributed by atoms with Gasteiger partial charge in [-0.2, -0.15) is 5.10 Å². The molecule has 0 fully saturated rings. The van der Waals surface area contributed by atoms with Crippen LogP contribution in [0.5, 0.6) is 0 Å². The third kappa shape index (κ3) is 1.95. The summed E-state index contributed by atoms with van der Waals surface area (Å²) in [5, 5.41) is 10.0. The number of nitrogens with zero attached hydrogens (tertiary/aromatic N) is 2. The predicted molar refractivity (Wildman–Crippen MR) is 63.8 cm³/mol. The van der Waals surface area contributed by atoms with Crippen LogP contribution in [0.2, 0.25) is 0 Å². The highest BCUT2D eigenvalue weighted by Crippen LogP contribution is 2.36. The Morgan fingerprint density at radius 3 is 2.47 bits per heavy atom. The van der Waals surface area contributed by atoms with E-state index in [1.807, 2.05) is 0 Å². The number of aromatic amines is 1. The lowest BCUT2D eigenvalue weighted by Gasteiger charge is -2.02. The number of hydrogen-bond acceptors (Lipinski definition) is 4. The van der Waals surface area contributed by atoms with Gasteiger partial charge in [-0.25, -0.2) is 8.78 Å². The van der Waals surface area contributed by atoms with E-state index in [0.717, 1.165) is 18.2 Å². The summed E-state index contributed by atoms with van der Waals surface area (Å²) in [5.74, 6) is -1.04. The van der Waals surface area contributed by atoms with E-state index in [-0.39, 0.29) is 11.4 Å². The van der Waals surface area contributed by atoms with Crippen LogP contribution >= 0.6 is 0 Å². The van der Waals surface area contributed by atoms with E-state index in [1.165, 1.54) is 6.20 Å². The van der Waals surface area contributed by atoms with Gasteiger partial charge >= 0.3 is 0 Å². The van der Waals surface area contributed by atoms with E-state index in [9.17, 15) is 8.78 Å². The van der Waals surface area contributed by atoms with Crippen molar-refractivity contribution in [3.8, 4) is 22.5 Å². The summed E-state index contributed by atoms with van der Waals surface area (Å²) < 4.78 is 31.6. The molecule has 5 nitrogen and oxygen atoms in total. The average molecular weight is 262 g/mol. The van der Waals surface area contributed by atoms with Crippen molar-refractivity contribution in [1.82, 2.24) is 15.4 Å². The monoisotopic (exact) mass is 262 g/mol. The number of halogens is 2. The Balaban J connectivity index is 2.22. The highest BCUT2D eigenvalue weighted by molar-refractivity contribution is 5.86. The average Bonchev–Trinajstić information content (AvgIpc) is 2.95. The van der Waals surface area contributed by atoms with Gasteiger partial charge in [-0.1, -0.05) is 5.16 Å². The number of anilines is 1. The van der Waals surface area contributed by atoms with Gasteiger partial charge in [-0.3, -0.25) is 5.10 Å². The van der Waals surface area contributed by atoms with E-state index in [2.05, 4.69) is 15.4 Å². The molecular formula is C12H8F2N4O. The topological polar surface area (TPSA) is 80.7 Å². The highest BCUT2D eigenvalue weighted by atomic mass is 19.1. The zero-order chi connectivity index (χ0) is 13.4. The van der Waals surface area contributed by atoms with Gasteiger partial charge in [0.15, 0.2) is 11.6 Å². The van der Waals surface area contributed by atoms with Crippen LogP contribution < -0.4 is 5.73 Å². The third-order valence-electron chi connectivity index (χ3n) is 2.63. The minimum Gasteiger partial charge on any atom is -0.380 e. The molecule has 0 amide bonds. The summed E-state index contributed by atoms with van der Waals surface area (Å²) in [6.07, 6.45) is 3.07. The molecule has 0 saturated carbocycles. The van der Waals surface area contributed by atoms with Crippen molar-refractivity contribution in [3.05, 3.63) is 42.2 Å². The number of H-pyrrole nitrogens is 1. The van der Waals surface area contributed by atoms with Crippen molar-refractivity contribution >= 4 is 5.82 Å². The molecule has 3 aromatic rings. The molecule has 0 radical (unpaired) electrons. The molecule has 0 bridgehead atoms. The summed E-state index contributed by atoms with van der Waals surface area (Å²) >= 11 is 0. The van der Waals surface area contributed by atoms with Crippen LogP contribution in [0.4, 0.5) is 14.6 Å². The van der Waals surface area contributed by atoms with Crippen molar-refractivity contribution in [2.45, 2.75) is 0 Å². The van der Waals surface area contributed by atoms with Crippen molar-refractivity contribution in [2.24, 2.45) is 0 Å². The van der Waals surface area contributed by atoms with Crippen LogP contribution in [0.3, 0.4) is 0 Å². The molecule has 0 saturated heterocycles. The number of hydrogen-bond donors (Lipinski definition) is 2. The quantitative estimate of drug-likeness (QED) is 0.743. The fourth-order valence-corrected chi connectivity index (χ4v) is 1.85. The maximum absolute atomic E-state index is 13.3. The number of nitrogen functional groups attached to an aromatic ring is 1. The zero-order valence-corrected chi connectivity index (χ0v) is 9.52. The minimum atomic E-state index is -0.700. The summed E-state index contributed by atoms with van der Waals surface area (Å²) in [6.45, 7) is 0. The summed E-state index contributed by atoms with van der Waals surface area (Å²) in [7, 11) is 0. The van der Waals surface area contributed by atoms with Crippen LogP contribution in [0.15, 0.2) is 35.1 Å².